The van der Waals surface area contributed by atoms with Crippen LogP contribution in [0.25, 0.3) is 11.0 Å². The standard InChI is InChI=1S/C20H19ClN2O4/c1-2-3-8-17-22-16-10-13(19(24)25)9-14(20(26)27)18(16)23(17)11-12-6-4-5-7-15(12)21/h4-7,9-10H,2-3,8,11H2,1H3,(H,24,25)(H,26,27). The smallest absolute Gasteiger partial charge is 0.337 e. The van der Waals surface area contributed by atoms with E-state index in [1.165, 1.54) is 12.1 Å². The average molecular weight is 387 g/mol. The Morgan fingerprint density at radius 3 is 2.52 bits per heavy atom. The molecule has 0 bridgehead atoms. The Kier molecular flexibility index (Phi) is 5.46. The molecule has 0 radical (unpaired) electrons. The van der Waals surface area contributed by atoms with Crippen molar-refractivity contribution in [1.29, 1.82) is 0 Å². The molecule has 0 unspecified atom stereocenters. The van der Waals surface area contributed by atoms with E-state index in [0.29, 0.717) is 29.0 Å². The Morgan fingerprint density at radius 1 is 1.15 bits per heavy atom. The lowest BCUT2D eigenvalue weighted by Crippen LogP contribution is -2.10. The number of unbranched alkanes of at least 4 members (excludes halogenated alkanes) is 1. The van der Waals surface area contributed by atoms with Gasteiger partial charge in [0.25, 0.3) is 0 Å². The first-order valence-corrected chi connectivity index (χ1v) is 9.03. The molecule has 0 aliphatic carbocycles. The lowest BCUT2D eigenvalue weighted by Gasteiger charge is -2.12. The highest BCUT2D eigenvalue weighted by atomic mass is 35.5. The average Bonchev–Trinajstić information content (AvgIpc) is 2.98. The van der Waals surface area contributed by atoms with E-state index in [1.807, 2.05) is 22.8 Å². The highest BCUT2D eigenvalue weighted by Gasteiger charge is 2.21. The van der Waals surface area contributed by atoms with Gasteiger partial charge in [-0.1, -0.05) is 43.1 Å². The second-order valence-corrected chi connectivity index (χ2v) is 6.72. The van der Waals surface area contributed by atoms with Crippen molar-refractivity contribution in [2.45, 2.75) is 32.7 Å². The number of aryl methyl sites for hydroxylation is 1. The molecule has 0 saturated heterocycles. The monoisotopic (exact) mass is 386 g/mol. The number of carboxylic acids is 2. The van der Waals surface area contributed by atoms with E-state index in [2.05, 4.69) is 11.9 Å². The maximum Gasteiger partial charge on any atom is 0.337 e. The van der Waals surface area contributed by atoms with E-state index in [4.69, 9.17) is 11.6 Å². The van der Waals surface area contributed by atoms with Crippen LogP contribution in [0.2, 0.25) is 5.02 Å². The summed E-state index contributed by atoms with van der Waals surface area (Å²) in [6.45, 7) is 2.42. The number of benzene rings is 2. The fourth-order valence-corrected chi connectivity index (χ4v) is 3.29. The summed E-state index contributed by atoms with van der Waals surface area (Å²) in [5.41, 5.74) is 1.45. The summed E-state index contributed by atoms with van der Waals surface area (Å²) in [5, 5.41) is 19.5. The Balaban J connectivity index is 2.25. The molecule has 0 amide bonds. The number of imidazole rings is 1. The van der Waals surface area contributed by atoms with Crippen LogP contribution in [-0.4, -0.2) is 31.7 Å². The van der Waals surface area contributed by atoms with Crippen molar-refractivity contribution in [2.24, 2.45) is 0 Å². The third-order valence-corrected chi connectivity index (χ3v) is 4.81. The number of hydrogen-bond acceptors (Lipinski definition) is 3. The minimum atomic E-state index is -1.19. The van der Waals surface area contributed by atoms with Crippen LogP contribution >= 0.6 is 11.6 Å². The molecule has 3 aromatic rings. The van der Waals surface area contributed by atoms with Crippen molar-refractivity contribution in [3.63, 3.8) is 0 Å². The molecule has 7 heteroatoms. The van der Waals surface area contributed by atoms with Gasteiger partial charge >= 0.3 is 11.9 Å². The van der Waals surface area contributed by atoms with Gasteiger partial charge in [0.2, 0.25) is 0 Å². The lowest BCUT2D eigenvalue weighted by atomic mass is 10.1. The Bertz CT molecular complexity index is 1030. The Hall–Kier alpha value is -2.86. The second kappa shape index (κ2) is 7.80. The van der Waals surface area contributed by atoms with Crippen LogP contribution in [0.15, 0.2) is 36.4 Å². The van der Waals surface area contributed by atoms with Gasteiger partial charge in [0, 0.05) is 11.4 Å². The van der Waals surface area contributed by atoms with Crippen molar-refractivity contribution in [2.75, 3.05) is 0 Å². The first-order chi connectivity index (χ1) is 12.9. The van der Waals surface area contributed by atoms with Gasteiger partial charge in [-0.05, 0) is 30.2 Å². The van der Waals surface area contributed by atoms with Crippen LogP contribution in [-0.2, 0) is 13.0 Å². The summed E-state index contributed by atoms with van der Waals surface area (Å²) in [6, 6.07) is 9.96. The quantitative estimate of drug-likeness (QED) is 0.624. The molecule has 0 saturated carbocycles. The number of nitrogens with zero attached hydrogens (tertiary/aromatic N) is 2. The van der Waals surface area contributed by atoms with E-state index in [0.717, 1.165) is 24.2 Å². The van der Waals surface area contributed by atoms with Crippen molar-refractivity contribution < 1.29 is 19.8 Å². The highest BCUT2D eigenvalue weighted by molar-refractivity contribution is 6.31. The molecular weight excluding hydrogens is 368 g/mol. The molecule has 27 heavy (non-hydrogen) atoms. The van der Waals surface area contributed by atoms with Gasteiger partial charge in [0.1, 0.15) is 5.82 Å². The van der Waals surface area contributed by atoms with Gasteiger partial charge in [-0.15, -0.1) is 0 Å². The Morgan fingerprint density at radius 2 is 1.89 bits per heavy atom. The molecule has 3 rings (SSSR count). The predicted molar refractivity (Wildman–Crippen MR) is 103 cm³/mol. The highest BCUT2D eigenvalue weighted by Crippen LogP contribution is 2.27. The fraction of sp³-hybridized carbons (Fsp3) is 0.250. The van der Waals surface area contributed by atoms with Crippen LogP contribution in [0, 0.1) is 0 Å². The molecule has 2 N–H and O–H groups in total. The number of carbonyl (C=O) groups is 2. The third kappa shape index (κ3) is 3.80. The van der Waals surface area contributed by atoms with Gasteiger partial charge in [-0.25, -0.2) is 14.6 Å². The SMILES string of the molecule is CCCCc1nc2cc(C(=O)O)cc(C(=O)O)c2n1Cc1ccccc1Cl. The molecule has 0 atom stereocenters. The van der Waals surface area contributed by atoms with Crippen LogP contribution in [0.5, 0.6) is 0 Å². The van der Waals surface area contributed by atoms with Gasteiger partial charge in [-0.3, -0.25) is 0 Å². The van der Waals surface area contributed by atoms with E-state index >= 15 is 0 Å². The molecule has 0 aliphatic heterocycles. The van der Waals surface area contributed by atoms with E-state index < -0.39 is 11.9 Å². The van der Waals surface area contributed by atoms with E-state index in [9.17, 15) is 19.8 Å². The predicted octanol–water partition coefficient (Wildman–Crippen LogP) is 4.48. The number of hydrogen-bond donors (Lipinski definition) is 2. The van der Waals surface area contributed by atoms with Crippen LogP contribution in [0.1, 0.15) is 51.9 Å². The summed E-state index contributed by atoms with van der Waals surface area (Å²) >= 11 is 6.29. The fourth-order valence-electron chi connectivity index (χ4n) is 3.10. The molecular formula is C20H19ClN2O4. The number of carboxylic acid groups (broad SMARTS) is 2. The molecule has 0 aliphatic rings. The summed E-state index contributed by atoms with van der Waals surface area (Å²) in [7, 11) is 0. The zero-order valence-corrected chi connectivity index (χ0v) is 15.5. The molecule has 1 heterocycles. The molecule has 140 valence electrons. The molecule has 6 nitrogen and oxygen atoms in total. The largest absolute Gasteiger partial charge is 0.478 e. The number of aromatic carboxylic acids is 2. The molecule has 0 fully saturated rings. The molecule has 1 aromatic heterocycles. The normalized spacial score (nSPS) is 11.0. The zero-order chi connectivity index (χ0) is 19.6. The third-order valence-electron chi connectivity index (χ3n) is 4.44. The summed E-state index contributed by atoms with van der Waals surface area (Å²) in [4.78, 5) is 27.8. The summed E-state index contributed by atoms with van der Waals surface area (Å²) in [5.74, 6) is -1.66. The minimum absolute atomic E-state index is 0.0767. The number of fused-ring (bicyclic) bond motifs is 1. The van der Waals surface area contributed by atoms with Gasteiger partial charge in [0.15, 0.2) is 0 Å². The van der Waals surface area contributed by atoms with Gasteiger partial charge in [-0.2, -0.15) is 0 Å². The summed E-state index contributed by atoms with van der Waals surface area (Å²) in [6.07, 6.45) is 2.51. The number of halogens is 1. The first-order valence-electron chi connectivity index (χ1n) is 8.65. The Labute approximate surface area is 161 Å². The van der Waals surface area contributed by atoms with Crippen LogP contribution in [0.3, 0.4) is 0 Å². The number of aromatic nitrogens is 2. The van der Waals surface area contributed by atoms with Crippen molar-refractivity contribution >= 4 is 34.6 Å². The molecule has 0 spiro atoms. The minimum Gasteiger partial charge on any atom is -0.478 e. The van der Waals surface area contributed by atoms with Gasteiger partial charge in [0.05, 0.1) is 28.7 Å². The zero-order valence-electron chi connectivity index (χ0n) is 14.8. The topological polar surface area (TPSA) is 92.4 Å². The van der Waals surface area contributed by atoms with Crippen LogP contribution in [0.4, 0.5) is 0 Å². The molecule has 2 aromatic carbocycles. The van der Waals surface area contributed by atoms with Crippen LogP contribution < -0.4 is 0 Å². The van der Waals surface area contributed by atoms with Gasteiger partial charge < -0.3 is 14.8 Å². The lowest BCUT2D eigenvalue weighted by molar-refractivity contribution is 0.0696. The first kappa shape index (κ1) is 18.9. The summed E-state index contributed by atoms with van der Waals surface area (Å²) < 4.78 is 1.83. The van der Waals surface area contributed by atoms with Crippen molar-refractivity contribution in [1.82, 2.24) is 9.55 Å². The van der Waals surface area contributed by atoms with E-state index in [-0.39, 0.29) is 11.1 Å². The van der Waals surface area contributed by atoms with E-state index in [1.54, 1.807) is 6.07 Å². The second-order valence-electron chi connectivity index (χ2n) is 6.31. The maximum atomic E-state index is 11.8. The maximum absolute atomic E-state index is 11.8. The number of rotatable bonds is 7. The van der Waals surface area contributed by atoms with Crippen molar-refractivity contribution in [3.05, 3.63) is 63.9 Å². The van der Waals surface area contributed by atoms with Crippen molar-refractivity contribution in [3.8, 4) is 0 Å².